The number of phenols is 1. The Morgan fingerprint density at radius 2 is 2.04 bits per heavy atom. The number of benzene rings is 2. The van der Waals surface area contributed by atoms with Crippen LogP contribution in [0.4, 0.5) is 5.69 Å². The minimum absolute atomic E-state index is 0.0491. The van der Waals surface area contributed by atoms with Crippen LogP contribution in [0.1, 0.15) is 20.8 Å². The smallest absolute Gasteiger partial charge is 0.341 e. The number of carbonyl (C=O) groups excluding carboxylic acids is 2. The van der Waals surface area contributed by atoms with Gasteiger partial charge in [0.1, 0.15) is 11.3 Å². The second-order valence-corrected chi connectivity index (χ2v) is 6.44. The molecule has 1 heterocycles. The summed E-state index contributed by atoms with van der Waals surface area (Å²) in [5, 5.41) is 13.7. The molecule has 3 N–H and O–H groups in total. The number of amides is 1. The molecule has 3 aromatic rings. The number of fused-ring (bicyclic) bond motifs is 1. The number of aromatic amines is 1. The Kier molecular flexibility index (Phi) is 4.69. The van der Waals surface area contributed by atoms with Gasteiger partial charge in [-0.1, -0.05) is 33.6 Å². The summed E-state index contributed by atoms with van der Waals surface area (Å²) in [6.45, 7) is 0. The van der Waals surface area contributed by atoms with E-state index in [1.54, 1.807) is 12.1 Å². The van der Waals surface area contributed by atoms with Gasteiger partial charge in [-0.05, 0) is 30.3 Å². The molecule has 6 nitrogen and oxygen atoms in total. The Morgan fingerprint density at radius 1 is 1.28 bits per heavy atom. The number of hydrogen-bond donors (Lipinski definition) is 3. The largest absolute Gasteiger partial charge is 0.505 e. The average molecular weight is 424 g/mol. The van der Waals surface area contributed by atoms with E-state index in [4.69, 9.17) is 11.6 Å². The summed E-state index contributed by atoms with van der Waals surface area (Å²) in [7, 11) is 1.20. The Bertz CT molecular complexity index is 1000. The fourth-order valence-electron chi connectivity index (χ4n) is 2.39. The van der Waals surface area contributed by atoms with Gasteiger partial charge in [0.2, 0.25) is 0 Å². The maximum Gasteiger partial charge on any atom is 0.341 e. The van der Waals surface area contributed by atoms with Gasteiger partial charge in [0.05, 0.1) is 17.8 Å². The number of esters is 1. The van der Waals surface area contributed by atoms with E-state index in [0.717, 1.165) is 4.47 Å². The molecule has 25 heavy (non-hydrogen) atoms. The number of hydrogen-bond acceptors (Lipinski definition) is 4. The highest BCUT2D eigenvalue weighted by Gasteiger charge is 2.20. The number of anilines is 1. The van der Waals surface area contributed by atoms with Crippen LogP contribution in [-0.2, 0) is 4.74 Å². The zero-order chi connectivity index (χ0) is 18.1. The maximum absolute atomic E-state index is 12.5. The standard InChI is InChI=1S/C17H12BrClN2O4/c1-25-17(24)9-3-2-4-12(15(9)22)21-16(23)14-13(19)10-7-8(18)5-6-11(10)20-14/h2-7,20,22H,1H3,(H,21,23). The number of aromatic hydroxyl groups is 1. The molecule has 128 valence electrons. The number of rotatable bonds is 3. The first-order valence-electron chi connectivity index (χ1n) is 7.10. The fourth-order valence-corrected chi connectivity index (χ4v) is 3.04. The highest BCUT2D eigenvalue weighted by molar-refractivity contribution is 9.10. The van der Waals surface area contributed by atoms with Crippen LogP contribution in [0.5, 0.6) is 5.75 Å². The van der Waals surface area contributed by atoms with Gasteiger partial charge in [-0.3, -0.25) is 4.79 Å². The predicted molar refractivity (Wildman–Crippen MR) is 98.4 cm³/mol. The number of carbonyl (C=O) groups is 2. The summed E-state index contributed by atoms with van der Waals surface area (Å²) >= 11 is 9.64. The maximum atomic E-state index is 12.5. The minimum atomic E-state index is -0.706. The van der Waals surface area contributed by atoms with Crippen molar-refractivity contribution >= 4 is 56.0 Å². The van der Waals surface area contributed by atoms with E-state index in [0.29, 0.717) is 10.9 Å². The molecule has 0 saturated carbocycles. The van der Waals surface area contributed by atoms with E-state index in [-0.39, 0.29) is 27.7 Å². The Balaban J connectivity index is 1.96. The molecule has 2 aromatic carbocycles. The molecule has 1 amide bonds. The van der Waals surface area contributed by atoms with E-state index in [2.05, 4.69) is 31.0 Å². The zero-order valence-electron chi connectivity index (χ0n) is 12.9. The normalized spacial score (nSPS) is 10.7. The van der Waals surface area contributed by atoms with E-state index < -0.39 is 11.9 Å². The van der Waals surface area contributed by atoms with Crippen LogP contribution in [-0.4, -0.2) is 29.1 Å². The van der Waals surface area contributed by atoms with Crippen molar-refractivity contribution in [2.75, 3.05) is 12.4 Å². The molecule has 0 fully saturated rings. The molecular formula is C17H12BrClN2O4. The number of halogens is 2. The zero-order valence-corrected chi connectivity index (χ0v) is 15.2. The molecule has 0 aliphatic heterocycles. The third-order valence-corrected chi connectivity index (χ3v) is 4.50. The van der Waals surface area contributed by atoms with E-state index in [9.17, 15) is 14.7 Å². The van der Waals surface area contributed by atoms with Crippen LogP contribution in [0.2, 0.25) is 5.02 Å². The quantitative estimate of drug-likeness (QED) is 0.432. The second-order valence-electron chi connectivity index (χ2n) is 5.15. The van der Waals surface area contributed by atoms with Crippen molar-refractivity contribution in [3.8, 4) is 5.75 Å². The highest BCUT2D eigenvalue weighted by atomic mass is 79.9. The molecule has 0 unspecified atom stereocenters. The predicted octanol–water partition coefficient (Wildman–Crippen LogP) is 4.33. The topological polar surface area (TPSA) is 91.4 Å². The minimum Gasteiger partial charge on any atom is -0.505 e. The van der Waals surface area contributed by atoms with Crippen molar-refractivity contribution in [3.63, 3.8) is 0 Å². The highest BCUT2D eigenvalue weighted by Crippen LogP contribution is 2.32. The summed E-state index contributed by atoms with van der Waals surface area (Å²) in [6.07, 6.45) is 0. The van der Waals surface area contributed by atoms with Gasteiger partial charge in [0, 0.05) is 15.4 Å². The van der Waals surface area contributed by atoms with Gasteiger partial charge in [-0.2, -0.15) is 0 Å². The molecule has 0 saturated heterocycles. The Hall–Kier alpha value is -2.51. The van der Waals surface area contributed by atoms with Gasteiger partial charge in [0.15, 0.2) is 5.75 Å². The van der Waals surface area contributed by atoms with Crippen LogP contribution in [0.3, 0.4) is 0 Å². The van der Waals surface area contributed by atoms with E-state index in [1.165, 1.54) is 25.3 Å². The number of para-hydroxylation sites is 1. The molecule has 3 rings (SSSR count). The number of nitrogens with one attached hydrogen (secondary N) is 2. The Morgan fingerprint density at radius 3 is 2.76 bits per heavy atom. The van der Waals surface area contributed by atoms with Crippen molar-refractivity contribution in [2.24, 2.45) is 0 Å². The SMILES string of the molecule is COC(=O)c1cccc(NC(=O)c2[nH]c3ccc(Br)cc3c2Cl)c1O. The van der Waals surface area contributed by atoms with Crippen LogP contribution in [0.25, 0.3) is 10.9 Å². The molecule has 0 aliphatic rings. The number of methoxy groups -OCH3 is 1. The van der Waals surface area contributed by atoms with Crippen LogP contribution >= 0.6 is 27.5 Å². The lowest BCUT2D eigenvalue weighted by Crippen LogP contribution is -2.14. The summed E-state index contributed by atoms with van der Waals surface area (Å²) < 4.78 is 5.42. The molecular weight excluding hydrogens is 412 g/mol. The first kappa shape index (κ1) is 17.3. The number of ether oxygens (including phenoxy) is 1. The van der Waals surface area contributed by atoms with E-state index >= 15 is 0 Å². The first-order chi connectivity index (χ1) is 11.9. The monoisotopic (exact) mass is 422 g/mol. The van der Waals surface area contributed by atoms with E-state index in [1.807, 2.05) is 6.07 Å². The molecule has 0 bridgehead atoms. The lowest BCUT2D eigenvalue weighted by atomic mass is 10.1. The van der Waals surface area contributed by atoms with Crippen LogP contribution in [0, 0.1) is 0 Å². The molecule has 0 atom stereocenters. The molecule has 0 radical (unpaired) electrons. The Labute approximate surface area is 155 Å². The summed E-state index contributed by atoms with van der Waals surface area (Å²) in [5.41, 5.74) is 0.874. The van der Waals surface area contributed by atoms with Crippen molar-refractivity contribution in [1.82, 2.24) is 4.98 Å². The summed E-state index contributed by atoms with van der Waals surface area (Å²) in [5.74, 6) is -1.63. The van der Waals surface area contributed by atoms with Crippen molar-refractivity contribution in [2.45, 2.75) is 0 Å². The fraction of sp³-hybridized carbons (Fsp3) is 0.0588. The summed E-state index contributed by atoms with van der Waals surface area (Å²) in [4.78, 5) is 27.1. The lowest BCUT2D eigenvalue weighted by Gasteiger charge is -2.09. The third-order valence-electron chi connectivity index (χ3n) is 3.61. The van der Waals surface area contributed by atoms with Gasteiger partial charge >= 0.3 is 5.97 Å². The van der Waals surface area contributed by atoms with Crippen LogP contribution in [0.15, 0.2) is 40.9 Å². The van der Waals surface area contributed by atoms with Gasteiger partial charge in [-0.15, -0.1) is 0 Å². The van der Waals surface area contributed by atoms with Crippen molar-refractivity contribution < 1.29 is 19.4 Å². The van der Waals surface area contributed by atoms with Crippen LogP contribution < -0.4 is 5.32 Å². The van der Waals surface area contributed by atoms with Gasteiger partial charge in [-0.25, -0.2) is 4.79 Å². The molecule has 1 aromatic heterocycles. The van der Waals surface area contributed by atoms with Crippen molar-refractivity contribution in [1.29, 1.82) is 0 Å². The summed E-state index contributed by atoms with van der Waals surface area (Å²) in [6, 6.07) is 9.78. The lowest BCUT2D eigenvalue weighted by molar-refractivity contribution is 0.0597. The average Bonchev–Trinajstić information content (AvgIpc) is 2.92. The van der Waals surface area contributed by atoms with Crippen molar-refractivity contribution in [3.05, 3.63) is 57.2 Å². The first-order valence-corrected chi connectivity index (χ1v) is 8.28. The van der Waals surface area contributed by atoms with Gasteiger partial charge < -0.3 is 20.1 Å². The molecule has 0 aliphatic carbocycles. The number of phenolic OH excluding ortho intramolecular Hbond substituents is 1. The second kappa shape index (κ2) is 6.78. The molecule has 8 heteroatoms. The number of H-pyrrole nitrogens is 1. The molecule has 0 spiro atoms. The van der Waals surface area contributed by atoms with Gasteiger partial charge in [0.25, 0.3) is 5.91 Å². The third kappa shape index (κ3) is 3.20. The number of aromatic nitrogens is 1.